The van der Waals surface area contributed by atoms with Gasteiger partial charge in [0, 0.05) is 29.7 Å². The normalized spacial score (nSPS) is 19.9. The minimum atomic E-state index is 0.326. The standard InChI is InChI=1S/C19H22N6S/c1-25(2)26-24-16-8-6-14(7-9-16)18-17(12-21)19(23-22-18)15-5-3-4-13(10-15)11-20/h3-5,10,14,16,24H,6-9H2,1-2H3,(H,22,23). The largest absolute Gasteiger partial charge is 0.280 e. The van der Waals surface area contributed by atoms with Crippen LogP contribution in [0.2, 0.25) is 0 Å². The molecule has 0 amide bonds. The average molecular weight is 366 g/mol. The summed E-state index contributed by atoms with van der Waals surface area (Å²) in [5.41, 5.74) is 3.56. The minimum absolute atomic E-state index is 0.326. The minimum Gasteiger partial charge on any atom is -0.280 e. The van der Waals surface area contributed by atoms with Crippen molar-refractivity contribution in [2.45, 2.75) is 37.6 Å². The molecule has 1 aliphatic carbocycles. The van der Waals surface area contributed by atoms with Crippen molar-refractivity contribution in [1.82, 2.24) is 19.2 Å². The Morgan fingerprint density at radius 2 is 1.96 bits per heavy atom. The molecule has 0 atom stereocenters. The quantitative estimate of drug-likeness (QED) is 0.786. The van der Waals surface area contributed by atoms with E-state index in [1.54, 1.807) is 24.3 Å². The van der Waals surface area contributed by atoms with Gasteiger partial charge in [0.1, 0.15) is 17.3 Å². The van der Waals surface area contributed by atoms with Crippen molar-refractivity contribution in [2.24, 2.45) is 0 Å². The molecular weight excluding hydrogens is 344 g/mol. The molecule has 0 aliphatic heterocycles. The Balaban J connectivity index is 1.75. The summed E-state index contributed by atoms with van der Waals surface area (Å²) in [6, 6.07) is 12.2. The molecule has 1 saturated carbocycles. The van der Waals surface area contributed by atoms with Gasteiger partial charge in [-0.1, -0.05) is 12.1 Å². The summed E-state index contributed by atoms with van der Waals surface area (Å²) in [5, 5.41) is 26.3. The number of hydrogen-bond donors (Lipinski definition) is 2. The highest BCUT2D eigenvalue weighted by atomic mass is 32.2. The summed E-state index contributed by atoms with van der Waals surface area (Å²) in [6.07, 6.45) is 4.21. The van der Waals surface area contributed by atoms with Crippen molar-refractivity contribution in [3.05, 3.63) is 41.1 Å². The zero-order valence-corrected chi connectivity index (χ0v) is 15.8. The van der Waals surface area contributed by atoms with Crippen LogP contribution in [0.25, 0.3) is 11.3 Å². The van der Waals surface area contributed by atoms with Gasteiger partial charge in [0.2, 0.25) is 0 Å². The van der Waals surface area contributed by atoms with Gasteiger partial charge < -0.3 is 0 Å². The highest BCUT2D eigenvalue weighted by molar-refractivity contribution is 7.95. The van der Waals surface area contributed by atoms with E-state index in [0.717, 1.165) is 36.9 Å². The molecule has 0 saturated heterocycles. The summed E-state index contributed by atoms with van der Waals surface area (Å²) in [4.78, 5) is 0. The van der Waals surface area contributed by atoms with E-state index < -0.39 is 0 Å². The van der Waals surface area contributed by atoms with Gasteiger partial charge in [-0.25, -0.2) is 9.03 Å². The molecule has 1 aliphatic rings. The Hall–Kier alpha value is -2.32. The molecule has 2 aromatic rings. The number of hydrogen-bond acceptors (Lipinski definition) is 6. The lowest BCUT2D eigenvalue weighted by atomic mass is 9.83. The Morgan fingerprint density at radius 1 is 1.19 bits per heavy atom. The smallest absolute Gasteiger partial charge is 0.110 e. The molecule has 7 heteroatoms. The number of nitriles is 2. The summed E-state index contributed by atoms with van der Waals surface area (Å²) in [5.74, 6) is 0.326. The van der Waals surface area contributed by atoms with Crippen molar-refractivity contribution < 1.29 is 0 Å². The van der Waals surface area contributed by atoms with Crippen LogP contribution < -0.4 is 4.72 Å². The molecule has 26 heavy (non-hydrogen) atoms. The third-order valence-corrected chi connectivity index (χ3v) is 5.51. The second kappa shape index (κ2) is 8.37. The maximum absolute atomic E-state index is 9.71. The topological polar surface area (TPSA) is 91.5 Å². The summed E-state index contributed by atoms with van der Waals surface area (Å²) < 4.78 is 5.54. The molecule has 6 nitrogen and oxygen atoms in total. The van der Waals surface area contributed by atoms with Crippen molar-refractivity contribution in [3.63, 3.8) is 0 Å². The van der Waals surface area contributed by atoms with Gasteiger partial charge in [0.05, 0.1) is 17.3 Å². The molecule has 0 spiro atoms. The van der Waals surface area contributed by atoms with Crippen molar-refractivity contribution in [3.8, 4) is 23.4 Å². The average Bonchev–Trinajstić information content (AvgIpc) is 3.10. The molecule has 1 aromatic carbocycles. The molecule has 2 N–H and O–H groups in total. The molecule has 3 rings (SSSR count). The highest BCUT2D eigenvalue weighted by Crippen LogP contribution is 2.36. The number of H-pyrrole nitrogens is 1. The molecule has 0 radical (unpaired) electrons. The van der Waals surface area contributed by atoms with Gasteiger partial charge in [-0.15, -0.1) is 0 Å². The first-order valence-corrected chi connectivity index (χ1v) is 9.48. The third-order valence-electron chi connectivity index (χ3n) is 4.71. The van der Waals surface area contributed by atoms with Crippen LogP contribution in [0.15, 0.2) is 24.3 Å². The predicted molar refractivity (Wildman–Crippen MR) is 103 cm³/mol. The molecule has 134 valence electrons. The number of rotatable bonds is 5. The molecular formula is C19H22N6S. The van der Waals surface area contributed by atoms with Gasteiger partial charge in [-0.3, -0.25) is 5.10 Å². The summed E-state index contributed by atoms with van der Waals surface area (Å²) in [6.45, 7) is 0. The molecule has 0 bridgehead atoms. The first-order chi connectivity index (χ1) is 12.6. The van der Waals surface area contributed by atoms with E-state index in [1.165, 1.54) is 0 Å². The van der Waals surface area contributed by atoms with Gasteiger partial charge in [-0.2, -0.15) is 15.6 Å². The van der Waals surface area contributed by atoms with Crippen molar-refractivity contribution in [1.29, 1.82) is 10.5 Å². The maximum atomic E-state index is 9.71. The lowest BCUT2D eigenvalue weighted by molar-refractivity contribution is 0.374. The van der Waals surface area contributed by atoms with E-state index >= 15 is 0 Å². The van der Waals surface area contributed by atoms with Crippen LogP contribution in [0.5, 0.6) is 0 Å². The van der Waals surface area contributed by atoms with Crippen molar-refractivity contribution >= 4 is 12.1 Å². The van der Waals surface area contributed by atoms with E-state index in [-0.39, 0.29) is 0 Å². The van der Waals surface area contributed by atoms with Gasteiger partial charge in [0.25, 0.3) is 0 Å². The van der Waals surface area contributed by atoms with Crippen LogP contribution in [0.3, 0.4) is 0 Å². The van der Waals surface area contributed by atoms with E-state index in [2.05, 4.69) is 31.4 Å². The fourth-order valence-corrected chi connectivity index (χ4v) is 3.98. The van der Waals surface area contributed by atoms with Crippen molar-refractivity contribution in [2.75, 3.05) is 14.1 Å². The lowest BCUT2D eigenvalue weighted by Gasteiger charge is -2.29. The Labute approximate surface area is 158 Å². The SMILES string of the molecule is CN(C)SNC1CCC(c2[nH]nc(-c3cccc(C#N)c3)c2C#N)CC1. The second-order valence-electron chi connectivity index (χ2n) is 6.74. The van der Waals surface area contributed by atoms with E-state index in [0.29, 0.717) is 28.8 Å². The van der Waals surface area contributed by atoms with Crippen LogP contribution in [-0.2, 0) is 0 Å². The molecule has 1 fully saturated rings. The fraction of sp³-hybridized carbons (Fsp3) is 0.421. The monoisotopic (exact) mass is 366 g/mol. The summed E-state index contributed by atoms with van der Waals surface area (Å²) >= 11 is 1.63. The zero-order valence-electron chi connectivity index (χ0n) is 15.0. The Bertz CT molecular complexity index is 836. The molecule has 1 heterocycles. The molecule has 0 unspecified atom stereocenters. The van der Waals surface area contributed by atoms with E-state index in [4.69, 9.17) is 5.26 Å². The first-order valence-electron chi connectivity index (χ1n) is 8.71. The Morgan fingerprint density at radius 3 is 2.62 bits per heavy atom. The van der Waals surface area contributed by atoms with E-state index in [9.17, 15) is 5.26 Å². The van der Waals surface area contributed by atoms with Crippen LogP contribution in [0.4, 0.5) is 0 Å². The van der Waals surface area contributed by atoms with E-state index in [1.807, 2.05) is 26.2 Å². The van der Waals surface area contributed by atoms with Crippen LogP contribution >= 0.6 is 12.1 Å². The lowest BCUT2D eigenvalue weighted by Crippen LogP contribution is -2.30. The molecule has 1 aromatic heterocycles. The van der Waals surface area contributed by atoms with Gasteiger partial charge >= 0.3 is 0 Å². The predicted octanol–water partition coefficient (Wildman–Crippen LogP) is 3.56. The zero-order chi connectivity index (χ0) is 18.5. The van der Waals surface area contributed by atoms with Crippen LogP contribution in [0, 0.1) is 22.7 Å². The third kappa shape index (κ3) is 4.08. The van der Waals surface area contributed by atoms with Crippen LogP contribution in [0.1, 0.15) is 48.4 Å². The second-order valence-corrected chi connectivity index (χ2v) is 7.88. The summed E-state index contributed by atoms with van der Waals surface area (Å²) in [7, 11) is 4.05. The number of nitrogens with one attached hydrogen (secondary N) is 2. The highest BCUT2D eigenvalue weighted by Gasteiger charge is 2.27. The van der Waals surface area contributed by atoms with Crippen LogP contribution in [-0.4, -0.2) is 34.6 Å². The first kappa shape index (κ1) is 18.5. The number of aromatic nitrogens is 2. The number of aromatic amines is 1. The Kier molecular flexibility index (Phi) is 5.95. The number of nitrogens with zero attached hydrogens (tertiary/aromatic N) is 4. The maximum Gasteiger partial charge on any atom is 0.110 e. The fourth-order valence-electron chi connectivity index (χ4n) is 3.39. The number of benzene rings is 1. The van der Waals surface area contributed by atoms with Gasteiger partial charge in [0.15, 0.2) is 0 Å². The van der Waals surface area contributed by atoms with Gasteiger partial charge in [-0.05, 0) is 51.9 Å².